The normalized spacial score (nSPS) is 20.4. The van der Waals surface area contributed by atoms with Crippen LogP contribution in [0.4, 0.5) is 4.79 Å². The van der Waals surface area contributed by atoms with Crippen LogP contribution in [0.25, 0.3) is 0 Å². The van der Waals surface area contributed by atoms with Crippen LogP contribution < -0.4 is 10.6 Å². The molecular formula is C17H28N2O3S. The molecule has 3 N–H and O–H groups in total. The standard InChI is InChI=1S/C17H28N2O3S/c1-12(18-11-16(5,21)13-6-9-23-10-13)17(7-8-17)19-14(20)22-15(2,3)4/h6,9-10,12,18,21H,7-8,11H2,1-5H3,(H,19,20). The van der Waals surface area contributed by atoms with Gasteiger partial charge in [0.1, 0.15) is 5.60 Å². The van der Waals surface area contributed by atoms with Gasteiger partial charge in [-0.05, 0) is 69.9 Å². The molecule has 2 unspecified atom stereocenters. The van der Waals surface area contributed by atoms with Crippen molar-refractivity contribution >= 4 is 17.4 Å². The molecule has 2 atom stereocenters. The Labute approximate surface area is 142 Å². The monoisotopic (exact) mass is 340 g/mol. The maximum Gasteiger partial charge on any atom is 0.408 e. The molecule has 1 amide bonds. The molecule has 5 nitrogen and oxygen atoms in total. The first-order valence-electron chi connectivity index (χ1n) is 8.04. The average molecular weight is 340 g/mol. The highest BCUT2D eigenvalue weighted by atomic mass is 32.1. The molecule has 1 aromatic heterocycles. The quantitative estimate of drug-likeness (QED) is 0.744. The van der Waals surface area contributed by atoms with Crippen LogP contribution in [0.5, 0.6) is 0 Å². The van der Waals surface area contributed by atoms with Crippen molar-refractivity contribution in [1.29, 1.82) is 0 Å². The van der Waals surface area contributed by atoms with Crippen LogP contribution in [0.1, 0.15) is 53.0 Å². The topological polar surface area (TPSA) is 70.6 Å². The smallest absolute Gasteiger partial charge is 0.408 e. The molecule has 0 saturated heterocycles. The lowest BCUT2D eigenvalue weighted by Gasteiger charge is -2.31. The number of thiophene rings is 1. The summed E-state index contributed by atoms with van der Waals surface area (Å²) in [5.41, 5.74) is -0.782. The molecule has 1 aliphatic rings. The summed E-state index contributed by atoms with van der Waals surface area (Å²) in [5, 5.41) is 20.8. The fourth-order valence-electron chi connectivity index (χ4n) is 2.53. The third-order valence-electron chi connectivity index (χ3n) is 4.26. The number of nitrogens with one attached hydrogen (secondary N) is 2. The van der Waals surface area contributed by atoms with Gasteiger partial charge in [0.15, 0.2) is 0 Å². The average Bonchev–Trinajstić information content (AvgIpc) is 2.97. The Balaban J connectivity index is 1.88. The molecular weight excluding hydrogens is 312 g/mol. The van der Waals surface area contributed by atoms with Gasteiger partial charge < -0.3 is 20.5 Å². The highest BCUT2D eigenvalue weighted by Gasteiger charge is 2.49. The summed E-state index contributed by atoms with van der Waals surface area (Å²) in [5.74, 6) is 0. The van der Waals surface area contributed by atoms with Crippen molar-refractivity contribution in [2.75, 3.05) is 6.54 Å². The second-order valence-corrected chi connectivity index (χ2v) is 8.45. The SMILES string of the molecule is CC(NCC(C)(O)c1ccsc1)C1(NC(=O)OC(C)(C)C)CC1. The zero-order valence-corrected chi connectivity index (χ0v) is 15.4. The lowest BCUT2D eigenvalue weighted by molar-refractivity contribution is 0.0444. The summed E-state index contributed by atoms with van der Waals surface area (Å²) in [4.78, 5) is 12.0. The number of hydrogen-bond donors (Lipinski definition) is 3. The van der Waals surface area contributed by atoms with E-state index >= 15 is 0 Å². The first-order valence-corrected chi connectivity index (χ1v) is 8.98. The van der Waals surface area contributed by atoms with E-state index in [1.807, 2.05) is 44.5 Å². The van der Waals surface area contributed by atoms with Gasteiger partial charge in [-0.2, -0.15) is 11.3 Å². The predicted molar refractivity (Wildman–Crippen MR) is 92.7 cm³/mol. The van der Waals surface area contributed by atoms with E-state index in [0.717, 1.165) is 18.4 Å². The molecule has 1 saturated carbocycles. The van der Waals surface area contributed by atoms with Crippen LogP contribution in [0.15, 0.2) is 16.8 Å². The number of carbonyl (C=O) groups excluding carboxylic acids is 1. The van der Waals surface area contributed by atoms with Crippen molar-refractivity contribution in [2.24, 2.45) is 0 Å². The number of aliphatic hydroxyl groups is 1. The van der Waals surface area contributed by atoms with Crippen molar-refractivity contribution in [3.63, 3.8) is 0 Å². The molecule has 1 fully saturated rings. The fraction of sp³-hybridized carbons (Fsp3) is 0.706. The summed E-state index contributed by atoms with van der Waals surface area (Å²) >= 11 is 1.57. The van der Waals surface area contributed by atoms with Crippen molar-refractivity contribution in [3.8, 4) is 0 Å². The number of amides is 1. The number of hydrogen-bond acceptors (Lipinski definition) is 5. The molecule has 0 aromatic carbocycles. The summed E-state index contributed by atoms with van der Waals surface area (Å²) in [6.07, 6.45) is 1.45. The van der Waals surface area contributed by atoms with Gasteiger partial charge in [0.05, 0.1) is 11.1 Å². The highest BCUT2D eigenvalue weighted by Crippen LogP contribution is 2.39. The van der Waals surface area contributed by atoms with E-state index in [1.165, 1.54) is 0 Å². The van der Waals surface area contributed by atoms with Gasteiger partial charge in [0.2, 0.25) is 0 Å². The molecule has 0 aliphatic heterocycles. The Morgan fingerprint density at radius 1 is 1.43 bits per heavy atom. The number of ether oxygens (including phenoxy) is 1. The van der Waals surface area contributed by atoms with Crippen molar-refractivity contribution in [3.05, 3.63) is 22.4 Å². The summed E-state index contributed by atoms with van der Waals surface area (Å²) in [6.45, 7) is 9.83. The Hall–Kier alpha value is -1.11. The second kappa shape index (κ2) is 6.42. The van der Waals surface area contributed by atoms with Crippen LogP contribution in [-0.4, -0.2) is 34.9 Å². The first kappa shape index (κ1) is 18.2. The minimum absolute atomic E-state index is 0.0557. The van der Waals surface area contributed by atoms with Gasteiger partial charge in [0, 0.05) is 12.6 Å². The lowest BCUT2D eigenvalue weighted by atomic mass is 9.98. The van der Waals surface area contributed by atoms with Gasteiger partial charge in [-0.3, -0.25) is 0 Å². The van der Waals surface area contributed by atoms with Crippen LogP contribution in [0, 0.1) is 0 Å². The van der Waals surface area contributed by atoms with Gasteiger partial charge in [-0.1, -0.05) is 0 Å². The van der Waals surface area contributed by atoms with Crippen LogP contribution in [-0.2, 0) is 10.3 Å². The minimum Gasteiger partial charge on any atom is -0.444 e. The Bertz CT molecular complexity index is 531. The van der Waals surface area contributed by atoms with Crippen molar-refractivity contribution < 1.29 is 14.6 Å². The lowest BCUT2D eigenvalue weighted by Crippen LogP contribution is -2.54. The molecule has 1 aliphatic carbocycles. The highest BCUT2D eigenvalue weighted by molar-refractivity contribution is 7.08. The molecule has 0 bridgehead atoms. The number of alkyl carbamates (subject to hydrolysis) is 1. The van der Waals surface area contributed by atoms with Gasteiger partial charge in [-0.15, -0.1) is 0 Å². The number of carbonyl (C=O) groups is 1. The van der Waals surface area contributed by atoms with Crippen LogP contribution in [0.3, 0.4) is 0 Å². The molecule has 0 radical (unpaired) electrons. The molecule has 1 aromatic rings. The number of rotatable bonds is 6. The van der Waals surface area contributed by atoms with Gasteiger partial charge in [0.25, 0.3) is 0 Å². The van der Waals surface area contributed by atoms with Crippen LogP contribution >= 0.6 is 11.3 Å². The Kier molecular flexibility index (Phi) is 5.09. The summed E-state index contributed by atoms with van der Waals surface area (Å²) < 4.78 is 5.34. The molecule has 130 valence electrons. The van der Waals surface area contributed by atoms with E-state index in [9.17, 15) is 9.90 Å². The van der Waals surface area contributed by atoms with Gasteiger partial charge in [-0.25, -0.2) is 4.79 Å². The van der Waals surface area contributed by atoms with Crippen molar-refractivity contribution in [1.82, 2.24) is 10.6 Å². The van der Waals surface area contributed by atoms with Crippen molar-refractivity contribution in [2.45, 2.75) is 70.2 Å². The Morgan fingerprint density at radius 2 is 2.09 bits per heavy atom. The summed E-state index contributed by atoms with van der Waals surface area (Å²) in [6, 6.07) is 1.99. The van der Waals surface area contributed by atoms with Crippen LogP contribution in [0.2, 0.25) is 0 Å². The summed E-state index contributed by atoms with van der Waals surface area (Å²) in [7, 11) is 0. The fourth-order valence-corrected chi connectivity index (χ4v) is 3.31. The van der Waals surface area contributed by atoms with E-state index in [1.54, 1.807) is 18.3 Å². The third-order valence-corrected chi connectivity index (χ3v) is 4.95. The van der Waals surface area contributed by atoms with E-state index in [-0.39, 0.29) is 17.7 Å². The Morgan fingerprint density at radius 3 is 2.57 bits per heavy atom. The molecule has 1 heterocycles. The molecule has 2 rings (SSSR count). The third kappa shape index (κ3) is 4.93. The predicted octanol–water partition coefficient (Wildman–Crippen LogP) is 2.99. The molecule has 0 spiro atoms. The zero-order valence-electron chi connectivity index (χ0n) is 14.6. The molecule has 6 heteroatoms. The van der Waals surface area contributed by atoms with E-state index in [0.29, 0.717) is 6.54 Å². The van der Waals surface area contributed by atoms with E-state index in [4.69, 9.17) is 4.74 Å². The zero-order chi connectivity index (χ0) is 17.3. The minimum atomic E-state index is -0.920. The van der Waals surface area contributed by atoms with E-state index in [2.05, 4.69) is 10.6 Å². The largest absolute Gasteiger partial charge is 0.444 e. The van der Waals surface area contributed by atoms with Gasteiger partial charge >= 0.3 is 6.09 Å². The maximum atomic E-state index is 12.0. The molecule has 23 heavy (non-hydrogen) atoms. The van der Waals surface area contributed by atoms with E-state index < -0.39 is 11.2 Å². The second-order valence-electron chi connectivity index (χ2n) is 7.67. The first-order chi connectivity index (χ1) is 10.5. The maximum absolute atomic E-state index is 12.0.